The SMILES string of the molecule is NCCN1NC(=O)CC1c1ccccc1Cl. The minimum Gasteiger partial charge on any atom is -0.329 e. The molecule has 1 aliphatic rings. The average Bonchev–Trinajstić information content (AvgIpc) is 2.61. The van der Waals surface area contributed by atoms with Gasteiger partial charge in [0.1, 0.15) is 0 Å². The predicted octanol–water partition coefficient (Wildman–Crippen LogP) is 1.08. The Kier molecular flexibility index (Phi) is 3.43. The highest BCUT2D eigenvalue weighted by Crippen LogP contribution is 2.31. The summed E-state index contributed by atoms with van der Waals surface area (Å²) in [6, 6.07) is 7.56. The van der Waals surface area contributed by atoms with Crippen LogP contribution in [0.1, 0.15) is 18.0 Å². The van der Waals surface area contributed by atoms with Gasteiger partial charge >= 0.3 is 0 Å². The highest BCUT2D eigenvalue weighted by Gasteiger charge is 2.31. The third-order valence-corrected chi connectivity index (χ3v) is 3.00. The molecule has 1 amide bonds. The summed E-state index contributed by atoms with van der Waals surface area (Å²) >= 11 is 6.12. The average molecular weight is 240 g/mol. The standard InChI is InChI=1S/C11H14ClN3O/c12-9-4-2-1-3-8(9)10-7-11(16)14-15(10)6-5-13/h1-4,10H,5-7,13H2,(H,14,16). The van der Waals surface area contributed by atoms with E-state index < -0.39 is 0 Å². The normalized spacial score (nSPS) is 21.1. The Morgan fingerprint density at radius 2 is 2.25 bits per heavy atom. The van der Waals surface area contributed by atoms with Crippen LogP contribution in [0.25, 0.3) is 0 Å². The molecule has 3 N–H and O–H groups in total. The van der Waals surface area contributed by atoms with Gasteiger partial charge < -0.3 is 5.73 Å². The van der Waals surface area contributed by atoms with E-state index in [2.05, 4.69) is 5.43 Å². The fourth-order valence-electron chi connectivity index (χ4n) is 1.94. The topological polar surface area (TPSA) is 58.4 Å². The predicted molar refractivity (Wildman–Crippen MR) is 62.7 cm³/mol. The second-order valence-corrected chi connectivity index (χ2v) is 4.17. The maximum atomic E-state index is 11.4. The summed E-state index contributed by atoms with van der Waals surface area (Å²) in [6.07, 6.45) is 0.434. The molecule has 16 heavy (non-hydrogen) atoms. The zero-order valence-electron chi connectivity index (χ0n) is 8.82. The summed E-state index contributed by atoms with van der Waals surface area (Å²) in [4.78, 5) is 11.4. The monoisotopic (exact) mass is 239 g/mol. The zero-order chi connectivity index (χ0) is 11.5. The van der Waals surface area contributed by atoms with Gasteiger partial charge in [0.15, 0.2) is 0 Å². The highest BCUT2D eigenvalue weighted by atomic mass is 35.5. The van der Waals surface area contributed by atoms with Gasteiger partial charge in [-0.15, -0.1) is 0 Å². The first-order valence-electron chi connectivity index (χ1n) is 5.23. The molecule has 0 saturated carbocycles. The second-order valence-electron chi connectivity index (χ2n) is 3.76. The van der Waals surface area contributed by atoms with Gasteiger partial charge in [-0.3, -0.25) is 10.2 Å². The number of rotatable bonds is 3. The number of halogens is 1. The molecule has 1 aromatic rings. The lowest BCUT2D eigenvalue weighted by Crippen LogP contribution is -2.38. The number of carbonyl (C=O) groups excluding carboxylic acids is 1. The third-order valence-electron chi connectivity index (χ3n) is 2.66. The summed E-state index contributed by atoms with van der Waals surface area (Å²) in [5.41, 5.74) is 9.26. The lowest BCUT2D eigenvalue weighted by atomic mass is 10.0. The highest BCUT2D eigenvalue weighted by molar-refractivity contribution is 6.31. The van der Waals surface area contributed by atoms with Gasteiger partial charge in [0.2, 0.25) is 5.91 Å². The third kappa shape index (κ3) is 2.19. The lowest BCUT2D eigenvalue weighted by Gasteiger charge is -2.23. The van der Waals surface area contributed by atoms with Gasteiger partial charge in [-0.2, -0.15) is 0 Å². The van der Waals surface area contributed by atoms with Crippen molar-refractivity contribution in [3.05, 3.63) is 34.9 Å². The van der Waals surface area contributed by atoms with Gasteiger partial charge in [0.05, 0.1) is 6.04 Å². The van der Waals surface area contributed by atoms with Crippen molar-refractivity contribution in [3.63, 3.8) is 0 Å². The van der Waals surface area contributed by atoms with E-state index in [9.17, 15) is 4.79 Å². The van der Waals surface area contributed by atoms with Crippen molar-refractivity contribution in [1.82, 2.24) is 10.4 Å². The van der Waals surface area contributed by atoms with Crippen LogP contribution in [-0.4, -0.2) is 24.0 Å². The van der Waals surface area contributed by atoms with E-state index in [-0.39, 0.29) is 11.9 Å². The Labute approximate surface area is 99.3 Å². The Morgan fingerprint density at radius 1 is 1.50 bits per heavy atom. The van der Waals surface area contributed by atoms with Crippen molar-refractivity contribution in [1.29, 1.82) is 0 Å². The summed E-state index contributed by atoms with van der Waals surface area (Å²) in [6.45, 7) is 1.13. The van der Waals surface area contributed by atoms with E-state index in [1.54, 1.807) is 0 Å². The largest absolute Gasteiger partial charge is 0.329 e. The number of hydrogen-bond donors (Lipinski definition) is 2. The molecule has 0 spiro atoms. The molecule has 1 saturated heterocycles. The number of hydrogen-bond acceptors (Lipinski definition) is 3. The molecule has 5 heteroatoms. The molecule has 1 fully saturated rings. The van der Waals surface area contributed by atoms with Gasteiger partial charge in [0, 0.05) is 24.5 Å². The fourth-order valence-corrected chi connectivity index (χ4v) is 2.21. The Morgan fingerprint density at radius 3 is 2.94 bits per heavy atom. The Bertz CT molecular complexity index is 397. The molecule has 1 heterocycles. The van der Waals surface area contributed by atoms with Crippen molar-refractivity contribution in [2.75, 3.05) is 13.1 Å². The van der Waals surface area contributed by atoms with Crippen LogP contribution in [0.15, 0.2) is 24.3 Å². The summed E-state index contributed by atoms with van der Waals surface area (Å²) in [5.74, 6) is 0.0124. The van der Waals surface area contributed by atoms with Crippen molar-refractivity contribution < 1.29 is 4.79 Å². The smallest absolute Gasteiger partial charge is 0.236 e. The first-order chi connectivity index (χ1) is 7.72. The molecule has 2 rings (SSSR count). The van der Waals surface area contributed by atoms with Crippen molar-refractivity contribution in [3.8, 4) is 0 Å². The maximum absolute atomic E-state index is 11.4. The first kappa shape index (κ1) is 11.4. The number of hydrazine groups is 1. The van der Waals surface area contributed by atoms with Crippen LogP contribution in [0.3, 0.4) is 0 Å². The minimum atomic E-state index is -0.00949. The number of nitrogens with zero attached hydrogens (tertiary/aromatic N) is 1. The van der Waals surface area contributed by atoms with E-state index in [0.717, 1.165) is 5.56 Å². The molecule has 0 radical (unpaired) electrons. The molecule has 1 unspecified atom stereocenters. The van der Waals surface area contributed by atoms with E-state index in [1.807, 2.05) is 29.3 Å². The first-order valence-corrected chi connectivity index (χ1v) is 5.61. The minimum absolute atomic E-state index is 0.00949. The van der Waals surface area contributed by atoms with Crippen LogP contribution in [0, 0.1) is 0 Å². The van der Waals surface area contributed by atoms with E-state index >= 15 is 0 Å². The van der Waals surface area contributed by atoms with E-state index in [4.69, 9.17) is 17.3 Å². The summed E-state index contributed by atoms with van der Waals surface area (Å²) in [7, 11) is 0. The van der Waals surface area contributed by atoms with Crippen LogP contribution in [0.4, 0.5) is 0 Å². The van der Waals surface area contributed by atoms with Crippen molar-refractivity contribution in [2.24, 2.45) is 5.73 Å². The molecule has 86 valence electrons. The lowest BCUT2D eigenvalue weighted by molar-refractivity contribution is -0.120. The van der Waals surface area contributed by atoms with E-state index in [1.165, 1.54) is 0 Å². The number of carbonyl (C=O) groups is 1. The van der Waals surface area contributed by atoms with Crippen LogP contribution < -0.4 is 11.2 Å². The molecule has 4 nitrogen and oxygen atoms in total. The number of benzene rings is 1. The zero-order valence-corrected chi connectivity index (χ0v) is 9.57. The summed E-state index contributed by atoms with van der Waals surface area (Å²) in [5, 5.41) is 2.54. The molecule has 0 bridgehead atoms. The molecular formula is C11H14ClN3O. The molecule has 0 aromatic heterocycles. The summed E-state index contributed by atoms with van der Waals surface area (Å²) < 4.78 is 0. The van der Waals surface area contributed by atoms with Crippen molar-refractivity contribution >= 4 is 17.5 Å². The number of nitrogens with two attached hydrogens (primary N) is 1. The Hall–Kier alpha value is -1.10. The fraction of sp³-hybridized carbons (Fsp3) is 0.364. The quantitative estimate of drug-likeness (QED) is 0.830. The van der Waals surface area contributed by atoms with Gasteiger partial charge in [0.25, 0.3) is 0 Å². The Balaban J connectivity index is 2.25. The number of amides is 1. The van der Waals surface area contributed by atoms with E-state index in [0.29, 0.717) is 24.5 Å². The molecule has 1 atom stereocenters. The van der Waals surface area contributed by atoms with Crippen LogP contribution >= 0.6 is 11.6 Å². The molecular weight excluding hydrogens is 226 g/mol. The van der Waals surface area contributed by atoms with Crippen molar-refractivity contribution in [2.45, 2.75) is 12.5 Å². The van der Waals surface area contributed by atoms with Gasteiger partial charge in [-0.25, -0.2) is 5.01 Å². The van der Waals surface area contributed by atoms with Gasteiger partial charge in [-0.1, -0.05) is 29.8 Å². The van der Waals surface area contributed by atoms with Crippen LogP contribution in [0.2, 0.25) is 5.02 Å². The van der Waals surface area contributed by atoms with Crippen LogP contribution in [0.5, 0.6) is 0 Å². The molecule has 1 aromatic carbocycles. The molecule has 0 aliphatic carbocycles. The number of nitrogens with one attached hydrogen (secondary N) is 1. The molecule has 1 aliphatic heterocycles. The second kappa shape index (κ2) is 4.82. The maximum Gasteiger partial charge on any atom is 0.236 e. The van der Waals surface area contributed by atoms with Gasteiger partial charge in [-0.05, 0) is 11.6 Å². The van der Waals surface area contributed by atoms with Crippen LogP contribution in [-0.2, 0) is 4.79 Å².